The normalized spacial score (nSPS) is 17.0. The van der Waals surface area contributed by atoms with E-state index >= 15 is 0 Å². The van der Waals surface area contributed by atoms with Crippen molar-refractivity contribution in [2.75, 3.05) is 44.3 Å². The number of nitrogens with zero attached hydrogens (tertiary/aromatic N) is 2. The molecule has 4 rings (SSSR count). The Kier molecular flexibility index (Phi) is 4.30. The summed E-state index contributed by atoms with van der Waals surface area (Å²) in [5, 5.41) is 2.02. The van der Waals surface area contributed by atoms with Crippen LogP contribution in [0.25, 0.3) is 0 Å². The molecule has 24 heavy (non-hydrogen) atoms. The highest BCUT2D eigenvalue weighted by Gasteiger charge is 2.22. The van der Waals surface area contributed by atoms with Crippen molar-refractivity contribution >= 4 is 22.9 Å². The molecule has 0 saturated carbocycles. The first-order valence-corrected chi connectivity index (χ1v) is 9.12. The molecule has 0 spiro atoms. The van der Waals surface area contributed by atoms with E-state index < -0.39 is 0 Å². The second-order valence-corrected chi connectivity index (χ2v) is 6.98. The summed E-state index contributed by atoms with van der Waals surface area (Å²) >= 11 is 1.64. The van der Waals surface area contributed by atoms with E-state index in [2.05, 4.69) is 11.0 Å². The van der Waals surface area contributed by atoms with Crippen molar-refractivity contribution < 1.29 is 14.3 Å². The van der Waals surface area contributed by atoms with Crippen LogP contribution < -0.4 is 14.4 Å². The second kappa shape index (κ2) is 6.73. The summed E-state index contributed by atoms with van der Waals surface area (Å²) in [6.45, 7) is 4.42. The predicted molar refractivity (Wildman–Crippen MR) is 94.2 cm³/mol. The maximum absolute atomic E-state index is 12.4. The Hall–Kier alpha value is -2.21. The monoisotopic (exact) mass is 344 g/mol. The van der Waals surface area contributed by atoms with Crippen molar-refractivity contribution in [1.29, 1.82) is 0 Å². The van der Waals surface area contributed by atoms with Crippen LogP contribution in [0.4, 0.5) is 5.69 Å². The van der Waals surface area contributed by atoms with Gasteiger partial charge in [0.15, 0.2) is 11.5 Å². The topological polar surface area (TPSA) is 42.0 Å². The fourth-order valence-corrected chi connectivity index (χ4v) is 3.81. The molecule has 1 fully saturated rings. The van der Waals surface area contributed by atoms with Gasteiger partial charge >= 0.3 is 0 Å². The summed E-state index contributed by atoms with van der Waals surface area (Å²) in [5.41, 5.74) is 1.13. The number of rotatable bonds is 3. The maximum Gasteiger partial charge on any atom is 0.227 e. The molecule has 1 amide bonds. The van der Waals surface area contributed by atoms with Crippen molar-refractivity contribution in [2.45, 2.75) is 6.42 Å². The number of benzene rings is 1. The number of thiophene rings is 1. The van der Waals surface area contributed by atoms with Crippen LogP contribution in [0.5, 0.6) is 11.5 Å². The summed E-state index contributed by atoms with van der Waals surface area (Å²) < 4.78 is 11.2. The van der Waals surface area contributed by atoms with Crippen LogP contribution in [0, 0.1) is 0 Å². The number of carbonyl (C=O) groups excluding carboxylic acids is 1. The van der Waals surface area contributed by atoms with Crippen molar-refractivity contribution in [3.05, 3.63) is 40.6 Å². The standard InChI is InChI=1S/C18H20N2O3S/c21-18(13-15-2-1-11-24-15)20-7-5-19(6-8-20)14-3-4-16-17(12-14)23-10-9-22-16/h1-4,11-12H,5-10,13H2. The van der Waals surface area contributed by atoms with E-state index in [9.17, 15) is 4.79 Å². The zero-order chi connectivity index (χ0) is 16.4. The second-order valence-electron chi connectivity index (χ2n) is 5.95. The summed E-state index contributed by atoms with van der Waals surface area (Å²) in [4.78, 5) is 17.8. The molecule has 1 aromatic carbocycles. The molecular weight excluding hydrogens is 324 g/mol. The third-order valence-corrected chi connectivity index (χ3v) is 5.31. The van der Waals surface area contributed by atoms with E-state index in [0.717, 1.165) is 48.2 Å². The Morgan fingerprint density at radius 2 is 1.83 bits per heavy atom. The molecule has 0 aliphatic carbocycles. The highest BCUT2D eigenvalue weighted by molar-refractivity contribution is 7.10. The number of piperazine rings is 1. The van der Waals surface area contributed by atoms with Gasteiger partial charge in [-0.15, -0.1) is 11.3 Å². The van der Waals surface area contributed by atoms with E-state index in [1.54, 1.807) is 11.3 Å². The molecule has 0 unspecified atom stereocenters. The smallest absolute Gasteiger partial charge is 0.227 e. The van der Waals surface area contributed by atoms with Gasteiger partial charge in [-0.25, -0.2) is 0 Å². The van der Waals surface area contributed by atoms with E-state index in [4.69, 9.17) is 9.47 Å². The third kappa shape index (κ3) is 3.19. The first-order chi connectivity index (χ1) is 11.8. The Labute approximate surface area is 145 Å². The molecule has 6 heteroatoms. The zero-order valence-corrected chi connectivity index (χ0v) is 14.3. The molecule has 0 radical (unpaired) electrons. The van der Waals surface area contributed by atoms with Gasteiger partial charge in [-0.05, 0) is 23.6 Å². The summed E-state index contributed by atoms with van der Waals surface area (Å²) in [7, 11) is 0. The number of hydrogen-bond acceptors (Lipinski definition) is 5. The minimum Gasteiger partial charge on any atom is -0.486 e. The highest BCUT2D eigenvalue weighted by Crippen LogP contribution is 2.34. The average Bonchev–Trinajstić information content (AvgIpc) is 3.14. The van der Waals surface area contributed by atoms with E-state index in [0.29, 0.717) is 19.6 Å². The van der Waals surface area contributed by atoms with E-state index in [1.807, 2.05) is 34.5 Å². The van der Waals surface area contributed by atoms with Crippen molar-refractivity contribution in [1.82, 2.24) is 4.90 Å². The van der Waals surface area contributed by atoms with Gasteiger partial charge in [0.1, 0.15) is 13.2 Å². The van der Waals surface area contributed by atoms with Gasteiger partial charge in [0.2, 0.25) is 5.91 Å². The van der Waals surface area contributed by atoms with Gasteiger partial charge in [0.05, 0.1) is 6.42 Å². The van der Waals surface area contributed by atoms with Gasteiger partial charge in [0, 0.05) is 42.8 Å². The lowest BCUT2D eigenvalue weighted by Crippen LogP contribution is -2.49. The van der Waals surface area contributed by atoms with Crippen molar-refractivity contribution in [2.24, 2.45) is 0 Å². The van der Waals surface area contributed by atoms with Crippen LogP contribution in [0.1, 0.15) is 4.88 Å². The minimum absolute atomic E-state index is 0.222. The molecule has 1 aromatic heterocycles. The van der Waals surface area contributed by atoms with Crippen LogP contribution in [0.15, 0.2) is 35.7 Å². The summed E-state index contributed by atoms with van der Waals surface area (Å²) in [5.74, 6) is 1.85. The third-order valence-electron chi connectivity index (χ3n) is 4.43. The van der Waals surface area contributed by atoms with Gasteiger partial charge in [-0.2, -0.15) is 0 Å². The van der Waals surface area contributed by atoms with Crippen LogP contribution in [-0.4, -0.2) is 50.2 Å². The van der Waals surface area contributed by atoms with Crippen molar-refractivity contribution in [3.63, 3.8) is 0 Å². The molecule has 0 N–H and O–H groups in total. The number of fused-ring (bicyclic) bond motifs is 1. The highest BCUT2D eigenvalue weighted by atomic mass is 32.1. The number of hydrogen-bond donors (Lipinski definition) is 0. The number of amides is 1. The fraction of sp³-hybridized carbons (Fsp3) is 0.389. The molecule has 3 heterocycles. The largest absolute Gasteiger partial charge is 0.486 e. The molecule has 0 bridgehead atoms. The quantitative estimate of drug-likeness (QED) is 0.858. The SMILES string of the molecule is O=C(Cc1cccs1)N1CCN(c2ccc3c(c2)OCCO3)CC1. The molecular formula is C18H20N2O3S. The van der Waals surface area contributed by atoms with Crippen LogP contribution in [0.3, 0.4) is 0 Å². The fourth-order valence-electron chi connectivity index (χ4n) is 3.12. The molecule has 5 nitrogen and oxygen atoms in total. The molecule has 2 aliphatic heterocycles. The molecule has 126 valence electrons. The summed E-state index contributed by atoms with van der Waals surface area (Å²) in [6, 6.07) is 10.1. The summed E-state index contributed by atoms with van der Waals surface area (Å²) in [6.07, 6.45) is 0.516. The van der Waals surface area contributed by atoms with Crippen molar-refractivity contribution in [3.8, 4) is 11.5 Å². The molecule has 1 saturated heterocycles. The lowest BCUT2D eigenvalue weighted by molar-refractivity contribution is -0.130. The number of carbonyl (C=O) groups is 1. The lowest BCUT2D eigenvalue weighted by atomic mass is 10.2. The number of ether oxygens (including phenoxy) is 2. The zero-order valence-electron chi connectivity index (χ0n) is 13.4. The molecule has 2 aromatic rings. The van der Waals surface area contributed by atoms with E-state index in [1.165, 1.54) is 0 Å². The lowest BCUT2D eigenvalue weighted by Gasteiger charge is -2.36. The maximum atomic E-state index is 12.4. The van der Waals surface area contributed by atoms with Gasteiger partial charge < -0.3 is 19.3 Å². The van der Waals surface area contributed by atoms with Crippen LogP contribution in [-0.2, 0) is 11.2 Å². The first-order valence-electron chi connectivity index (χ1n) is 8.24. The van der Waals surface area contributed by atoms with Crippen LogP contribution >= 0.6 is 11.3 Å². The number of anilines is 1. The first kappa shape index (κ1) is 15.3. The van der Waals surface area contributed by atoms with Gasteiger partial charge in [-0.3, -0.25) is 4.79 Å². The van der Waals surface area contributed by atoms with Crippen LogP contribution in [0.2, 0.25) is 0 Å². The Morgan fingerprint density at radius 3 is 2.58 bits per heavy atom. The van der Waals surface area contributed by atoms with Gasteiger partial charge in [0.25, 0.3) is 0 Å². The molecule has 2 aliphatic rings. The predicted octanol–water partition coefficient (Wildman–Crippen LogP) is 2.41. The Morgan fingerprint density at radius 1 is 1.04 bits per heavy atom. The minimum atomic E-state index is 0.222. The van der Waals surface area contributed by atoms with Gasteiger partial charge in [-0.1, -0.05) is 6.07 Å². The molecule has 0 atom stereocenters. The van der Waals surface area contributed by atoms with E-state index in [-0.39, 0.29) is 5.91 Å². The average molecular weight is 344 g/mol. The Bertz CT molecular complexity index is 709. The Balaban J connectivity index is 1.36.